The fourth-order valence-corrected chi connectivity index (χ4v) is 2.72. The van der Waals surface area contributed by atoms with Gasteiger partial charge in [0, 0.05) is 32.5 Å². The Balaban J connectivity index is 0.00000441. The molecule has 2 amide bonds. The topological polar surface area (TPSA) is 61.4 Å². The normalized spacial score (nSPS) is 17.5. The summed E-state index contributed by atoms with van der Waals surface area (Å²) in [5.41, 5.74) is 0. The van der Waals surface area contributed by atoms with Crippen molar-refractivity contribution in [1.82, 2.24) is 15.5 Å². The first-order valence-corrected chi connectivity index (χ1v) is 8.42. The van der Waals surface area contributed by atoms with Gasteiger partial charge >= 0.3 is 0 Å². The van der Waals surface area contributed by atoms with Crippen molar-refractivity contribution < 1.29 is 9.59 Å². The molecule has 130 valence electrons. The lowest BCUT2D eigenvalue weighted by atomic mass is 10.00. The quantitative estimate of drug-likeness (QED) is 0.678. The highest BCUT2D eigenvalue weighted by atomic mass is 35.5. The van der Waals surface area contributed by atoms with Gasteiger partial charge in [-0.15, -0.1) is 12.4 Å². The van der Waals surface area contributed by atoms with Crippen LogP contribution in [0.15, 0.2) is 0 Å². The minimum Gasteiger partial charge on any atom is -0.356 e. The molecule has 22 heavy (non-hydrogen) atoms. The zero-order valence-electron chi connectivity index (χ0n) is 14.0. The van der Waals surface area contributed by atoms with E-state index in [2.05, 4.69) is 24.5 Å². The molecule has 0 saturated carbocycles. The van der Waals surface area contributed by atoms with Crippen LogP contribution in [0.5, 0.6) is 0 Å². The van der Waals surface area contributed by atoms with Crippen LogP contribution in [0, 0.1) is 5.92 Å². The molecule has 0 aromatic rings. The Morgan fingerprint density at radius 1 is 1.18 bits per heavy atom. The van der Waals surface area contributed by atoms with Gasteiger partial charge in [0.25, 0.3) is 0 Å². The molecule has 5 nitrogen and oxygen atoms in total. The molecule has 0 radical (unpaired) electrons. The first-order valence-electron chi connectivity index (χ1n) is 8.42. The average molecular weight is 334 g/mol. The first kappa shape index (κ1) is 21.2. The van der Waals surface area contributed by atoms with E-state index in [0.29, 0.717) is 18.8 Å². The number of carbonyl (C=O) groups excluding carboxylic acids is 2. The molecular formula is C16H32ClN3O2. The molecule has 0 spiro atoms. The maximum absolute atomic E-state index is 12.1. The van der Waals surface area contributed by atoms with E-state index in [1.807, 2.05) is 4.90 Å². The van der Waals surface area contributed by atoms with Crippen molar-refractivity contribution in [2.24, 2.45) is 5.92 Å². The van der Waals surface area contributed by atoms with E-state index < -0.39 is 0 Å². The number of nitrogens with zero attached hydrogens (tertiary/aromatic N) is 1. The standard InChI is InChI=1S/C16H31N3O2.ClH/c1-3-10-19(11-4-2)16(21)8-7-15(20)18-13-14-6-5-9-17-12-14;/h14,17H,3-13H2,1-2H3,(H,18,20);1H. The molecule has 0 bridgehead atoms. The third-order valence-corrected chi connectivity index (χ3v) is 3.89. The van der Waals surface area contributed by atoms with E-state index in [-0.39, 0.29) is 24.2 Å². The van der Waals surface area contributed by atoms with Crippen LogP contribution in [0.2, 0.25) is 0 Å². The molecule has 0 aliphatic carbocycles. The molecular weight excluding hydrogens is 302 g/mol. The number of nitrogens with one attached hydrogen (secondary N) is 2. The van der Waals surface area contributed by atoms with Gasteiger partial charge in [-0.2, -0.15) is 0 Å². The third-order valence-electron chi connectivity index (χ3n) is 3.89. The van der Waals surface area contributed by atoms with Gasteiger partial charge in [-0.1, -0.05) is 13.8 Å². The van der Waals surface area contributed by atoms with E-state index in [9.17, 15) is 9.59 Å². The molecule has 1 fully saturated rings. The molecule has 1 heterocycles. The summed E-state index contributed by atoms with van der Waals surface area (Å²) in [7, 11) is 0. The van der Waals surface area contributed by atoms with Crippen LogP contribution in [0.4, 0.5) is 0 Å². The summed E-state index contributed by atoms with van der Waals surface area (Å²) in [5.74, 6) is 0.644. The minimum absolute atomic E-state index is 0. The maximum Gasteiger partial charge on any atom is 0.223 e. The van der Waals surface area contributed by atoms with E-state index >= 15 is 0 Å². The van der Waals surface area contributed by atoms with E-state index in [4.69, 9.17) is 0 Å². The molecule has 1 aliphatic rings. The van der Waals surface area contributed by atoms with Crippen molar-refractivity contribution in [2.45, 2.75) is 52.4 Å². The number of amides is 2. The maximum atomic E-state index is 12.1. The van der Waals surface area contributed by atoms with Crippen molar-refractivity contribution in [3.8, 4) is 0 Å². The summed E-state index contributed by atoms with van der Waals surface area (Å²) >= 11 is 0. The highest BCUT2D eigenvalue weighted by Gasteiger charge is 2.16. The third kappa shape index (κ3) is 8.59. The first-order chi connectivity index (χ1) is 10.2. The summed E-state index contributed by atoms with van der Waals surface area (Å²) in [6, 6.07) is 0. The summed E-state index contributed by atoms with van der Waals surface area (Å²) in [5, 5.41) is 6.30. The summed E-state index contributed by atoms with van der Waals surface area (Å²) in [6.45, 7) is 8.53. The second-order valence-corrected chi connectivity index (χ2v) is 5.90. The predicted molar refractivity (Wildman–Crippen MR) is 92.2 cm³/mol. The lowest BCUT2D eigenvalue weighted by Gasteiger charge is -2.23. The number of piperidine rings is 1. The van der Waals surface area contributed by atoms with Gasteiger partial charge in [0.2, 0.25) is 11.8 Å². The van der Waals surface area contributed by atoms with Crippen LogP contribution in [-0.2, 0) is 9.59 Å². The van der Waals surface area contributed by atoms with Crippen LogP contribution in [0.1, 0.15) is 52.4 Å². The van der Waals surface area contributed by atoms with Crippen molar-refractivity contribution in [3.63, 3.8) is 0 Å². The van der Waals surface area contributed by atoms with Crippen LogP contribution in [0.25, 0.3) is 0 Å². The number of hydrogen-bond acceptors (Lipinski definition) is 3. The second kappa shape index (κ2) is 12.7. The number of hydrogen-bond donors (Lipinski definition) is 2. The Morgan fingerprint density at radius 3 is 2.41 bits per heavy atom. The largest absolute Gasteiger partial charge is 0.356 e. The van der Waals surface area contributed by atoms with Crippen LogP contribution < -0.4 is 10.6 Å². The van der Waals surface area contributed by atoms with Gasteiger partial charge in [0.15, 0.2) is 0 Å². The zero-order chi connectivity index (χ0) is 15.5. The Kier molecular flexibility index (Phi) is 12.2. The Hall–Kier alpha value is -0.810. The van der Waals surface area contributed by atoms with Gasteiger partial charge in [-0.05, 0) is 44.7 Å². The highest BCUT2D eigenvalue weighted by Crippen LogP contribution is 2.08. The minimum atomic E-state index is 0. The van der Waals surface area contributed by atoms with Crippen LogP contribution in [0.3, 0.4) is 0 Å². The molecule has 1 rings (SSSR count). The van der Waals surface area contributed by atoms with Gasteiger partial charge in [0.1, 0.15) is 0 Å². The Labute approximate surface area is 141 Å². The molecule has 1 saturated heterocycles. The Morgan fingerprint density at radius 2 is 1.86 bits per heavy atom. The summed E-state index contributed by atoms with van der Waals surface area (Å²) in [6.07, 6.45) is 4.92. The number of rotatable bonds is 9. The zero-order valence-corrected chi connectivity index (χ0v) is 14.8. The van der Waals surface area contributed by atoms with Crippen LogP contribution in [-0.4, -0.2) is 49.4 Å². The fourth-order valence-electron chi connectivity index (χ4n) is 2.72. The molecule has 6 heteroatoms. The highest BCUT2D eigenvalue weighted by molar-refractivity contribution is 5.85. The SMILES string of the molecule is CCCN(CCC)C(=O)CCC(=O)NCC1CCCNC1.Cl. The van der Waals surface area contributed by atoms with Gasteiger partial charge in [-0.25, -0.2) is 0 Å². The van der Waals surface area contributed by atoms with E-state index in [1.165, 1.54) is 12.8 Å². The van der Waals surface area contributed by atoms with E-state index in [1.54, 1.807) is 0 Å². The number of carbonyl (C=O) groups is 2. The lowest BCUT2D eigenvalue weighted by Crippen LogP contribution is -2.38. The molecule has 0 aromatic heterocycles. The van der Waals surface area contributed by atoms with E-state index in [0.717, 1.165) is 45.6 Å². The van der Waals surface area contributed by atoms with Crippen molar-refractivity contribution in [2.75, 3.05) is 32.7 Å². The van der Waals surface area contributed by atoms with Gasteiger partial charge < -0.3 is 15.5 Å². The monoisotopic (exact) mass is 333 g/mol. The Bertz CT molecular complexity index is 315. The summed E-state index contributed by atoms with van der Waals surface area (Å²) < 4.78 is 0. The van der Waals surface area contributed by atoms with Crippen molar-refractivity contribution in [1.29, 1.82) is 0 Å². The molecule has 0 aromatic carbocycles. The second-order valence-electron chi connectivity index (χ2n) is 5.90. The smallest absolute Gasteiger partial charge is 0.223 e. The molecule has 1 unspecified atom stereocenters. The lowest BCUT2D eigenvalue weighted by molar-refractivity contribution is -0.133. The average Bonchev–Trinajstić information content (AvgIpc) is 2.51. The van der Waals surface area contributed by atoms with Crippen molar-refractivity contribution >= 4 is 24.2 Å². The van der Waals surface area contributed by atoms with Crippen molar-refractivity contribution in [3.05, 3.63) is 0 Å². The molecule has 1 aliphatic heterocycles. The number of halogens is 1. The van der Waals surface area contributed by atoms with Crippen LogP contribution >= 0.6 is 12.4 Å². The fraction of sp³-hybridized carbons (Fsp3) is 0.875. The predicted octanol–water partition coefficient (Wildman–Crippen LogP) is 1.95. The molecule has 1 atom stereocenters. The summed E-state index contributed by atoms with van der Waals surface area (Å²) in [4.78, 5) is 25.8. The molecule has 2 N–H and O–H groups in total. The van der Waals surface area contributed by atoms with Gasteiger partial charge in [-0.3, -0.25) is 9.59 Å². The van der Waals surface area contributed by atoms with Gasteiger partial charge in [0.05, 0.1) is 0 Å².